The van der Waals surface area contributed by atoms with Crippen LogP contribution >= 0.6 is 0 Å². The Morgan fingerprint density at radius 2 is 2.00 bits per heavy atom. The Labute approximate surface area is 113 Å². The molecule has 0 radical (unpaired) electrons. The van der Waals surface area contributed by atoms with Gasteiger partial charge in [-0.3, -0.25) is 9.59 Å². The predicted octanol–water partition coefficient (Wildman–Crippen LogP) is 2.11. The average molecular weight is 261 g/mol. The van der Waals surface area contributed by atoms with E-state index in [-0.39, 0.29) is 12.5 Å². The van der Waals surface area contributed by atoms with Crippen molar-refractivity contribution in [3.63, 3.8) is 0 Å². The summed E-state index contributed by atoms with van der Waals surface area (Å²) >= 11 is 0. The van der Waals surface area contributed by atoms with Crippen LogP contribution in [0.5, 0.6) is 0 Å². The van der Waals surface area contributed by atoms with Crippen LogP contribution in [0.4, 0.5) is 0 Å². The van der Waals surface area contributed by atoms with E-state index < -0.39 is 11.4 Å². The highest BCUT2D eigenvalue weighted by Gasteiger charge is 2.35. The van der Waals surface area contributed by atoms with Gasteiger partial charge in [0, 0.05) is 13.0 Å². The minimum Gasteiger partial charge on any atom is -0.481 e. The van der Waals surface area contributed by atoms with Gasteiger partial charge >= 0.3 is 5.97 Å². The molecule has 1 amide bonds. The van der Waals surface area contributed by atoms with Crippen LogP contribution in [-0.2, 0) is 15.0 Å². The molecule has 0 fully saturated rings. The molecule has 0 spiro atoms. The van der Waals surface area contributed by atoms with Crippen molar-refractivity contribution in [2.45, 2.75) is 25.2 Å². The summed E-state index contributed by atoms with van der Waals surface area (Å²) in [7, 11) is 0. The van der Waals surface area contributed by atoms with Gasteiger partial charge in [-0.25, -0.2) is 0 Å². The summed E-state index contributed by atoms with van der Waals surface area (Å²) in [6.45, 7) is 5.22. The Hall–Kier alpha value is -2.10. The number of benzene rings is 1. The van der Waals surface area contributed by atoms with Crippen molar-refractivity contribution in [2.75, 3.05) is 6.54 Å². The number of hydrogen-bond donors (Lipinski definition) is 2. The number of rotatable bonds is 7. The lowest BCUT2D eigenvalue weighted by Crippen LogP contribution is -2.44. The normalized spacial score (nSPS) is 13.3. The second-order valence-electron chi connectivity index (χ2n) is 4.61. The van der Waals surface area contributed by atoms with Gasteiger partial charge in [0.2, 0.25) is 5.91 Å². The second-order valence-corrected chi connectivity index (χ2v) is 4.61. The maximum atomic E-state index is 11.6. The van der Waals surface area contributed by atoms with Crippen LogP contribution < -0.4 is 5.32 Å². The maximum Gasteiger partial charge on any atom is 0.315 e. The van der Waals surface area contributed by atoms with Crippen LogP contribution in [0.2, 0.25) is 0 Å². The number of carboxylic acids is 1. The molecule has 0 bridgehead atoms. The molecule has 0 aliphatic rings. The van der Waals surface area contributed by atoms with E-state index in [1.165, 1.54) is 0 Å². The SMILES string of the molecule is C=CCCC(=O)NCC(C)(C(=O)O)c1ccccc1. The number of carboxylic acid groups (broad SMARTS) is 1. The van der Waals surface area contributed by atoms with Gasteiger partial charge in [-0.15, -0.1) is 6.58 Å². The smallest absolute Gasteiger partial charge is 0.315 e. The topological polar surface area (TPSA) is 66.4 Å². The number of aliphatic carboxylic acids is 1. The Morgan fingerprint density at radius 1 is 1.37 bits per heavy atom. The van der Waals surface area contributed by atoms with E-state index in [4.69, 9.17) is 0 Å². The zero-order valence-electron chi connectivity index (χ0n) is 11.1. The van der Waals surface area contributed by atoms with E-state index in [0.29, 0.717) is 18.4 Å². The fraction of sp³-hybridized carbons (Fsp3) is 0.333. The largest absolute Gasteiger partial charge is 0.481 e. The molecule has 0 heterocycles. The fourth-order valence-electron chi connectivity index (χ4n) is 1.70. The van der Waals surface area contributed by atoms with E-state index in [9.17, 15) is 14.7 Å². The van der Waals surface area contributed by atoms with Gasteiger partial charge in [-0.05, 0) is 18.9 Å². The molecule has 0 saturated carbocycles. The highest BCUT2D eigenvalue weighted by molar-refractivity contribution is 5.83. The van der Waals surface area contributed by atoms with Crippen molar-refractivity contribution in [3.05, 3.63) is 48.6 Å². The molecular weight excluding hydrogens is 242 g/mol. The van der Waals surface area contributed by atoms with Crippen LogP contribution in [0.3, 0.4) is 0 Å². The molecule has 0 saturated heterocycles. The van der Waals surface area contributed by atoms with Crippen molar-refractivity contribution >= 4 is 11.9 Å². The summed E-state index contributed by atoms with van der Waals surface area (Å²) in [6, 6.07) is 8.91. The molecule has 1 atom stereocenters. The van der Waals surface area contributed by atoms with Crippen LogP contribution in [0, 0.1) is 0 Å². The van der Waals surface area contributed by atoms with Crippen molar-refractivity contribution in [1.29, 1.82) is 0 Å². The molecule has 1 unspecified atom stereocenters. The first-order chi connectivity index (χ1) is 9.00. The van der Waals surface area contributed by atoms with E-state index in [1.807, 2.05) is 6.07 Å². The van der Waals surface area contributed by atoms with E-state index in [2.05, 4.69) is 11.9 Å². The summed E-state index contributed by atoms with van der Waals surface area (Å²) in [5.74, 6) is -1.12. The number of nitrogens with one attached hydrogen (secondary N) is 1. The number of allylic oxidation sites excluding steroid dienone is 1. The number of carbonyl (C=O) groups excluding carboxylic acids is 1. The van der Waals surface area contributed by atoms with Gasteiger partial charge in [0.05, 0.1) is 0 Å². The van der Waals surface area contributed by atoms with Gasteiger partial charge in [-0.2, -0.15) is 0 Å². The van der Waals surface area contributed by atoms with Gasteiger partial charge in [0.1, 0.15) is 5.41 Å². The lowest BCUT2D eigenvalue weighted by molar-refractivity contribution is -0.143. The Bertz CT molecular complexity index is 456. The molecule has 1 rings (SSSR count). The minimum atomic E-state index is -1.12. The van der Waals surface area contributed by atoms with E-state index in [1.54, 1.807) is 37.3 Å². The minimum absolute atomic E-state index is 0.0717. The lowest BCUT2D eigenvalue weighted by Gasteiger charge is -2.25. The number of amides is 1. The molecule has 4 heteroatoms. The van der Waals surface area contributed by atoms with Crippen molar-refractivity contribution < 1.29 is 14.7 Å². The Kier molecular flexibility index (Phi) is 5.30. The van der Waals surface area contributed by atoms with E-state index in [0.717, 1.165) is 0 Å². The van der Waals surface area contributed by atoms with Crippen molar-refractivity contribution in [3.8, 4) is 0 Å². The Balaban J connectivity index is 2.76. The highest BCUT2D eigenvalue weighted by Crippen LogP contribution is 2.23. The second kappa shape index (κ2) is 6.73. The van der Waals surface area contributed by atoms with Crippen molar-refractivity contribution in [1.82, 2.24) is 5.32 Å². The van der Waals surface area contributed by atoms with Crippen LogP contribution in [-0.4, -0.2) is 23.5 Å². The zero-order chi connectivity index (χ0) is 14.3. The highest BCUT2D eigenvalue weighted by atomic mass is 16.4. The number of hydrogen-bond acceptors (Lipinski definition) is 2. The number of carbonyl (C=O) groups is 2. The standard InChI is InChI=1S/C15H19NO3/c1-3-4-10-13(17)16-11-15(2,14(18)19)12-8-6-5-7-9-12/h3,5-9H,1,4,10-11H2,2H3,(H,16,17)(H,18,19). The zero-order valence-corrected chi connectivity index (χ0v) is 11.1. The van der Waals surface area contributed by atoms with E-state index >= 15 is 0 Å². The summed E-state index contributed by atoms with van der Waals surface area (Å²) in [4.78, 5) is 23.0. The van der Waals surface area contributed by atoms with Gasteiger partial charge in [-0.1, -0.05) is 36.4 Å². The third kappa shape index (κ3) is 3.95. The summed E-state index contributed by atoms with van der Waals surface area (Å²) in [5, 5.41) is 12.1. The molecule has 1 aromatic rings. The molecule has 1 aromatic carbocycles. The maximum absolute atomic E-state index is 11.6. The summed E-state index contributed by atoms with van der Waals surface area (Å²) in [5.41, 5.74) is -0.447. The molecule has 2 N–H and O–H groups in total. The molecule has 19 heavy (non-hydrogen) atoms. The average Bonchev–Trinajstić information content (AvgIpc) is 2.43. The first kappa shape index (κ1) is 15.0. The molecule has 4 nitrogen and oxygen atoms in total. The molecular formula is C15H19NO3. The van der Waals surface area contributed by atoms with Crippen molar-refractivity contribution in [2.24, 2.45) is 0 Å². The first-order valence-corrected chi connectivity index (χ1v) is 6.17. The Morgan fingerprint density at radius 3 is 2.53 bits per heavy atom. The molecule has 0 aliphatic carbocycles. The van der Waals surface area contributed by atoms with Crippen LogP contribution in [0.25, 0.3) is 0 Å². The van der Waals surface area contributed by atoms with Crippen LogP contribution in [0.1, 0.15) is 25.3 Å². The monoisotopic (exact) mass is 261 g/mol. The lowest BCUT2D eigenvalue weighted by atomic mass is 9.82. The van der Waals surface area contributed by atoms with Gasteiger partial charge < -0.3 is 10.4 Å². The first-order valence-electron chi connectivity index (χ1n) is 6.17. The molecule has 0 aliphatic heterocycles. The summed E-state index contributed by atoms with van der Waals surface area (Å²) < 4.78 is 0. The van der Waals surface area contributed by atoms with Gasteiger partial charge in [0.15, 0.2) is 0 Å². The quantitative estimate of drug-likeness (QED) is 0.739. The predicted molar refractivity (Wildman–Crippen MR) is 73.9 cm³/mol. The fourth-order valence-corrected chi connectivity index (χ4v) is 1.70. The third-order valence-corrected chi connectivity index (χ3v) is 3.10. The summed E-state index contributed by atoms with van der Waals surface area (Å²) in [6.07, 6.45) is 2.57. The molecule has 102 valence electrons. The third-order valence-electron chi connectivity index (χ3n) is 3.10. The van der Waals surface area contributed by atoms with Crippen LogP contribution in [0.15, 0.2) is 43.0 Å². The molecule has 0 aromatic heterocycles. The van der Waals surface area contributed by atoms with Gasteiger partial charge in [0.25, 0.3) is 0 Å².